The van der Waals surface area contributed by atoms with E-state index in [1.54, 1.807) is 31.2 Å². The van der Waals surface area contributed by atoms with E-state index >= 15 is 0 Å². The molecule has 0 aliphatic heterocycles. The molecule has 4 aromatic rings. The zero-order chi connectivity index (χ0) is 23.0. The number of hydrogen-bond acceptors (Lipinski definition) is 5. The number of rotatable bonds is 5. The Labute approximate surface area is 202 Å². The molecule has 32 heavy (non-hydrogen) atoms. The molecular formula is C23H18ClF2IN4O. The Kier molecular flexibility index (Phi) is 6.28. The predicted octanol–water partition coefficient (Wildman–Crippen LogP) is 6.40. The summed E-state index contributed by atoms with van der Waals surface area (Å²) in [5.74, 6) is -0.862. The standard InChI is InChI=1S/C23H18ClF2IN4O/c1-12(13-5-3-4-6-17(13)25)31-22-15-7-14(18(26)8-19(15)28-9-16(22)24)20-10-30-21(11-29-20)23(2,27)32/h3-12,32H,1-2H3,(H,28,31). The third kappa shape index (κ3) is 4.53. The fourth-order valence-electron chi connectivity index (χ4n) is 3.36. The molecule has 0 amide bonds. The van der Waals surface area contributed by atoms with Crippen LogP contribution in [0.3, 0.4) is 0 Å². The molecule has 5 nitrogen and oxygen atoms in total. The van der Waals surface area contributed by atoms with E-state index in [2.05, 4.69) is 20.3 Å². The van der Waals surface area contributed by atoms with Crippen molar-refractivity contribution in [3.63, 3.8) is 0 Å². The lowest BCUT2D eigenvalue weighted by Crippen LogP contribution is -2.13. The van der Waals surface area contributed by atoms with Gasteiger partial charge in [0.05, 0.1) is 40.4 Å². The molecule has 4 rings (SSSR count). The average molecular weight is 567 g/mol. The van der Waals surface area contributed by atoms with Gasteiger partial charge in [-0.2, -0.15) is 0 Å². The van der Waals surface area contributed by atoms with Crippen LogP contribution in [0.1, 0.15) is 31.1 Å². The predicted molar refractivity (Wildman–Crippen MR) is 130 cm³/mol. The van der Waals surface area contributed by atoms with Gasteiger partial charge < -0.3 is 10.4 Å². The van der Waals surface area contributed by atoms with Gasteiger partial charge in [0.1, 0.15) is 17.3 Å². The van der Waals surface area contributed by atoms with Gasteiger partial charge >= 0.3 is 0 Å². The van der Waals surface area contributed by atoms with Crippen LogP contribution >= 0.6 is 34.2 Å². The van der Waals surface area contributed by atoms with Crippen molar-refractivity contribution in [1.29, 1.82) is 0 Å². The zero-order valence-corrected chi connectivity index (χ0v) is 20.0. The first-order valence-corrected chi connectivity index (χ1v) is 11.1. The van der Waals surface area contributed by atoms with Gasteiger partial charge in [-0.15, -0.1) is 0 Å². The van der Waals surface area contributed by atoms with Crippen LogP contribution in [-0.4, -0.2) is 20.1 Å². The minimum Gasteiger partial charge on any atom is -0.377 e. The molecule has 0 fully saturated rings. The highest BCUT2D eigenvalue weighted by atomic mass is 127. The number of fused-ring (bicyclic) bond motifs is 1. The molecule has 0 bridgehead atoms. The Morgan fingerprint density at radius 3 is 2.47 bits per heavy atom. The van der Waals surface area contributed by atoms with E-state index in [4.69, 9.17) is 11.6 Å². The van der Waals surface area contributed by atoms with E-state index in [9.17, 15) is 13.9 Å². The first-order chi connectivity index (χ1) is 15.1. The van der Waals surface area contributed by atoms with Crippen molar-refractivity contribution in [2.75, 3.05) is 5.32 Å². The molecule has 0 radical (unpaired) electrons. The van der Waals surface area contributed by atoms with Gasteiger partial charge in [-0.05, 0) is 48.6 Å². The lowest BCUT2D eigenvalue weighted by atomic mass is 10.0. The molecule has 2 atom stereocenters. The first kappa shape index (κ1) is 22.8. The van der Waals surface area contributed by atoms with Crippen LogP contribution in [0.5, 0.6) is 0 Å². The number of benzene rings is 2. The smallest absolute Gasteiger partial charge is 0.156 e. The molecule has 0 spiro atoms. The van der Waals surface area contributed by atoms with Crippen molar-refractivity contribution in [3.05, 3.63) is 82.9 Å². The highest BCUT2D eigenvalue weighted by Gasteiger charge is 2.21. The minimum absolute atomic E-state index is 0.204. The van der Waals surface area contributed by atoms with E-state index in [0.29, 0.717) is 38.6 Å². The van der Waals surface area contributed by atoms with Gasteiger partial charge in [-0.3, -0.25) is 15.0 Å². The molecule has 2 N–H and O–H groups in total. The second-order valence-corrected chi connectivity index (χ2v) is 9.97. The monoisotopic (exact) mass is 566 g/mol. The van der Waals surface area contributed by atoms with Crippen molar-refractivity contribution in [2.24, 2.45) is 0 Å². The molecule has 0 saturated heterocycles. The van der Waals surface area contributed by atoms with Gasteiger partial charge in [-0.25, -0.2) is 8.78 Å². The molecule has 2 heterocycles. The lowest BCUT2D eigenvalue weighted by molar-refractivity contribution is 0.173. The van der Waals surface area contributed by atoms with Gasteiger partial charge in [0.25, 0.3) is 0 Å². The van der Waals surface area contributed by atoms with Crippen molar-refractivity contribution in [3.8, 4) is 11.3 Å². The van der Waals surface area contributed by atoms with E-state index in [1.807, 2.05) is 29.5 Å². The molecule has 2 aromatic carbocycles. The van der Waals surface area contributed by atoms with E-state index in [-0.39, 0.29) is 11.4 Å². The maximum Gasteiger partial charge on any atom is 0.156 e. The maximum absolute atomic E-state index is 14.9. The lowest BCUT2D eigenvalue weighted by Gasteiger charge is -2.19. The summed E-state index contributed by atoms with van der Waals surface area (Å²) in [7, 11) is 0. The summed E-state index contributed by atoms with van der Waals surface area (Å²) in [5.41, 5.74) is 2.22. The first-order valence-electron chi connectivity index (χ1n) is 9.68. The quantitative estimate of drug-likeness (QED) is 0.216. The Hall–Kier alpha value is -2.43. The van der Waals surface area contributed by atoms with Crippen molar-refractivity contribution in [2.45, 2.75) is 23.5 Å². The minimum atomic E-state index is -1.19. The average Bonchev–Trinajstić information content (AvgIpc) is 2.75. The Balaban J connectivity index is 1.79. The van der Waals surface area contributed by atoms with Crippen molar-refractivity contribution >= 4 is 50.8 Å². The van der Waals surface area contributed by atoms with Crippen LogP contribution in [0, 0.1) is 11.6 Å². The number of aliphatic hydroxyl groups is 1. The SMILES string of the molecule is CC(Nc1c(Cl)cnc2cc(F)c(-c3cnc(C(C)(O)I)cn3)cc12)c1ccccc1F. The number of halogens is 4. The third-order valence-electron chi connectivity index (χ3n) is 5.04. The van der Waals surface area contributed by atoms with Gasteiger partial charge in [0.2, 0.25) is 0 Å². The fraction of sp³-hybridized carbons (Fsp3) is 0.174. The highest BCUT2D eigenvalue weighted by Crippen LogP contribution is 2.36. The molecule has 0 saturated carbocycles. The number of hydrogen-bond donors (Lipinski definition) is 2. The maximum atomic E-state index is 14.9. The van der Waals surface area contributed by atoms with Crippen LogP contribution in [0.2, 0.25) is 5.02 Å². The van der Waals surface area contributed by atoms with E-state index < -0.39 is 15.5 Å². The molecule has 9 heteroatoms. The molecule has 0 aliphatic carbocycles. The number of nitrogens with zero attached hydrogens (tertiary/aromatic N) is 3. The number of aromatic nitrogens is 3. The summed E-state index contributed by atoms with van der Waals surface area (Å²) in [4.78, 5) is 12.7. The van der Waals surface area contributed by atoms with Crippen molar-refractivity contribution < 1.29 is 13.9 Å². The van der Waals surface area contributed by atoms with Crippen LogP contribution in [-0.2, 0) is 3.61 Å². The number of nitrogens with one attached hydrogen (secondary N) is 1. The summed E-state index contributed by atoms with van der Waals surface area (Å²) >= 11 is 8.25. The second-order valence-electron chi connectivity index (χ2n) is 7.46. The van der Waals surface area contributed by atoms with Crippen LogP contribution in [0.25, 0.3) is 22.2 Å². The summed E-state index contributed by atoms with van der Waals surface area (Å²) < 4.78 is 27.9. The van der Waals surface area contributed by atoms with Gasteiger partial charge in [0, 0.05) is 28.8 Å². The summed E-state index contributed by atoms with van der Waals surface area (Å²) in [5, 5.41) is 14.2. The fourth-order valence-corrected chi connectivity index (χ4v) is 3.84. The van der Waals surface area contributed by atoms with Crippen LogP contribution in [0.4, 0.5) is 14.5 Å². The second kappa shape index (κ2) is 8.84. The Morgan fingerprint density at radius 1 is 1.06 bits per heavy atom. The molecule has 164 valence electrons. The van der Waals surface area contributed by atoms with Crippen LogP contribution in [0.15, 0.2) is 55.0 Å². The summed E-state index contributed by atoms with van der Waals surface area (Å²) in [6.45, 7) is 3.39. The van der Waals surface area contributed by atoms with Crippen LogP contribution < -0.4 is 5.32 Å². The number of alkyl halides is 1. The molecule has 2 unspecified atom stereocenters. The highest BCUT2D eigenvalue weighted by molar-refractivity contribution is 14.1. The van der Waals surface area contributed by atoms with Crippen molar-refractivity contribution in [1.82, 2.24) is 15.0 Å². The normalized spacial score (nSPS) is 14.2. The molecule has 2 aromatic heterocycles. The van der Waals surface area contributed by atoms with Gasteiger partial charge in [0.15, 0.2) is 3.61 Å². The molecule has 0 aliphatic rings. The largest absolute Gasteiger partial charge is 0.377 e. The Bertz CT molecular complexity index is 1300. The van der Waals surface area contributed by atoms with Gasteiger partial charge in [-0.1, -0.05) is 29.8 Å². The zero-order valence-electron chi connectivity index (χ0n) is 17.1. The third-order valence-corrected chi connectivity index (χ3v) is 5.88. The van der Waals surface area contributed by atoms with E-state index in [0.717, 1.165) is 0 Å². The number of pyridine rings is 1. The Morgan fingerprint density at radius 2 is 1.81 bits per heavy atom. The topological polar surface area (TPSA) is 70.9 Å². The number of anilines is 1. The molecular weight excluding hydrogens is 549 g/mol. The summed E-state index contributed by atoms with van der Waals surface area (Å²) in [6, 6.07) is 8.94. The van der Waals surface area contributed by atoms with E-state index in [1.165, 1.54) is 30.7 Å². The summed E-state index contributed by atoms with van der Waals surface area (Å²) in [6.07, 6.45) is 4.23.